The number of nitriles is 1. The molecule has 7 nitrogen and oxygen atoms in total. The van der Waals surface area contributed by atoms with Crippen LogP contribution in [-0.4, -0.2) is 47.3 Å². The van der Waals surface area contributed by atoms with Crippen molar-refractivity contribution in [3.63, 3.8) is 0 Å². The molecule has 0 radical (unpaired) electrons. The molecule has 2 aromatic heterocycles. The Morgan fingerprint density at radius 1 is 1.25 bits per heavy atom. The van der Waals surface area contributed by atoms with Gasteiger partial charge in [0, 0.05) is 11.8 Å². The number of unbranched alkanes of at least 4 members (excludes halogenated alkanes) is 1. The maximum Gasteiger partial charge on any atom is 0.258 e. The number of halogens is 1. The summed E-state index contributed by atoms with van der Waals surface area (Å²) in [7, 11) is 4.07. The van der Waals surface area contributed by atoms with Gasteiger partial charge in [-0.25, -0.2) is 9.37 Å². The first-order valence-electron chi connectivity index (χ1n) is 8.84. The van der Waals surface area contributed by atoms with E-state index in [0.29, 0.717) is 23.6 Å². The molecule has 144 valence electrons. The number of hydrogen-bond donors (Lipinski definition) is 0. The number of nitrogens with zero attached hydrogens (tertiary/aromatic N) is 5. The average molecular weight is 381 g/mol. The van der Waals surface area contributed by atoms with Crippen molar-refractivity contribution in [3.05, 3.63) is 47.9 Å². The van der Waals surface area contributed by atoms with E-state index in [2.05, 4.69) is 20.0 Å². The predicted octanol–water partition coefficient (Wildman–Crippen LogP) is 3.53. The van der Waals surface area contributed by atoms with Crippen LogP contribution in [0.25, 0.3) is 23.0 Å². The molecule has 0 aliphatic heterocycles. The fourth-order valence-corrected chi connectivity index (χ4v) is 2.60. The first kappa shape index (κ1) is 19.5. The molecule has 1 aromatic carbocycles. The zero-order valence-electron chi connectivity index (χ0n) is 15.7. The lowest BCUT2D eigenvalue weighted by atomic mass is 10.1. The van der Waals surface area contributed by atoms with E-state index in [1.807, 2.05) is 20.2 Å². The van der Waals surface area contributed by atoms with Crippen molar-refractivity contribution in [2.75, 3.05) is 27.2 Å². The first-order chi connectivity index (χ1) is 13.6. The van der Waals surface area contributed by atoms with Crippen molar-refractivity contribution < 1.29 is 13.7 Å². The van der Waals surface area contributed by atoms with E-state index in [4.69, 9.17) is 14.5 Å². The molecule has 0 atom stereocenters. The minimum absolute atomic E-state index is 0.105. The Bertz CT molecular complexity index is 981. The summed E-state index contributed by atoms with van der Waals surface area (Å²) in [6.45, 7) is 1.54. The fourth-order valence-electron chi connectivity index (χ4n) is 2.60. The highest BCUT2D eigenvalue weighted by Crippen LogP contribution is 2.28. The van der Waals surface area contributed by atoms with E-state index >= 15 is 0 Å². The Balaban J connectivity index is 1.77. The van der Waals surface area contributed by atoms with Crippen LogP contribution >= 0.6 is 0 Å². The summed E-state index contributed by atoms with van der Waals surface area (Å²) < 4.78 is 24.8. The highest BCUT2D eigenvalue weighted by atomic mass is 19.1. The predicted molar refractivity (Wildman–Crippen MR) is 101 cm³/mol. The Morgan fingerprint density at radius 3 is 2.89 bits per heavy atom. The normalized spacial score (nSPS) is 10.8. The van der Waals surface area contributed by atoms with Crippen LogP contribution in [0.4, 0.5) is 4.39 Å². The largest absolute Gasteiger partial charge is 0.491 e. The minimum atomic E-state index is -0.548. The van der Waals surface area contributed by atoms with Gasteiger partial charge in [0.25, 0.3) is 5.89 Å². The molecule has 0 fully saturated rings. The van der Waals surface area contributed by atoms with Crippen molar-refractivity contribution in [1.82, 2.24) is 20.0 Å². The molecule has 3 rings (SSSR count). The number of hydrogen-bond acceptors (Lipinski definition) is 7. The van der Waals surface area contributed by atoms with Crippen molar-refractivity contribution >= 4 is 0 Å². The molecule has 28 heavy (non-hydrogen) atoms. The zero-order valence-corrected chi connectivity index (χ0v) is 15.7. The molecule has 0 aliphatic carbocycles. The van der Waals surface area contributed by atoms with Crippen molar-refractivity contribution in [2.45, 2.75) is 12.8 Å². The van der Waals surface area contributed by atoms with Crippen LogP contribution in [0, 0.1) is 17.1 Å². The van der Waals surface area contributed by atoms with Crippen LogP contribution in [0.5, 0.6) is 5.75 Å². The van der Waals surface area contributed by atoms with E-state index < -0.39 is 5.82 Å². The summed E-state index contributed by atoms with van der Waals surface area (Å²) >= 11 is 0. The maximum absolute atomic E-state index is 13.7. The topological polar surface area (TPSA) is 88.1 Å². The lowest BCUT2D eigenvalue weighted by molar-refractivity contribution is 0.293. The molecular formula is C20H20FN5O2. The van der Waals surface area contributed by atoms with Gasteiger partial charge in [-0.05, 0) is 63.8 Å². The van der Waals surface area contributed by atoms with Gasteiger partial charge >= 0.3 is 0 Å². The molecule has 0 bridgehead atoms. The highest BCUT2D eigenvalue weighted by Gasteiger charge is 2.17. The summed E-state index contributed by atoms with van der Waals surface area (Å²) in [6.07, 6.45) is 3.54. The number of pyridine rings is 1. The third-order valence-electron chi connectivity index (χ3n) is 3.94. The summed E-state index contributed by atoms with van der Waals surface area (Å²) in [5.74, 6) is 0.347. The van der Waals surface area contributed by atoms with E-state index in [1.165, 1.54) is 12.1 Å². The number of rotatable bonds is 8. The molecule has 0 N–H and O–H groups in total. The maximum atomic E-state index is 13.7. The van der Waals surface area contributed by atoms with Crippen molar-refractivity contribution in [3.8, 4) is 34.8 Å². The Morgan fingerprint density at radius 2 is 2.11 bits per heavy atom. The van der Waals surface area contributed by atoms with Gasteiger partial charge in [-0.15, -0.1) is 0 Å². The number of aromatic nitrogens is 3. The van der Waals surface area contributed by atoms with Crippen LogP contribution in [-0.2, 0) is 0 Å². The van der Waals surface area contributed by atoms with Gasteiger partial charge in [0.1, 0.15) is 11.6 Å². The second-order valence-electron chi connectivity index (χ2n) is 6.47. The number of ether oxygens (including phenoxy) is 1. The lowest BCUT2D eigenvalue weighted by Crippen LogP contribution is -2.13. The van der Waals surface area contributed by atoms with Crippen LogP contribution < -0.4 is 4.74 Å². The fraction of sp³-hybridized carbons (Fsp3) is 0.300. The summed E-state index contributed by atoms with van der Waals surface area (Å²) in [5, 5.41) is 12.9. The van der Waals surface area contributed by atoms with E-state index in [1.54, 1.807) is 18.3 Å². The van der Waals surface area contributed by atoms with Crippen LogP contribution in [0.1, 0.15) is 18.4 Å². The van der Waals surface area contributed by atoms with Crippen LogP contribution in [0.2, 0.25) is 0 Å². The quantitative estimate of drug-likeness (QED) is 0.552. The molecule has 0 amide bonds. The summed E-state index contributed by atoms with van der Waals surface area (Å²) in [4.78, 5) is 10.7. The second kappa shape index (κ2) is 9.06. The van der Waals surface area contributed by atoms with E-state index in [-0.39, 0.29) is 17.3 Å². The van der Waals surface area contributed by atoms with Gasteiger partial charge in [0.05, 0.1) is 18.2 Å². The lowest BCUT2D eigenvalue weighted by Gasteiger charge is -2.10. The molecule has 8 heteroatoms. The first-order valence-corrected chi connectivity index (χ1v) is 8.84. The summed E-state index contributed by atoms with van der Waals surface area (Å²) in [5.41, 5.74) is 0.953. The molecule has 0 spiro atoms. The van der Waals surface area contributed by atoms with E-state index in [9.17, 15) is 4.39 Å². The van der Waals surface area contributed by atoms with Gasteiger partial charge in [0.15, 0.2) is 5.69 Å². The minimum Gasteiger partial charge on any atom is -0.491 e. The highest BCUT2D eigenvalue weighted by molar-refractivity contribution is 5.62. The van der Waals surface area contributed by atoms with Gasteiger partial charge < -0.3 is 14.2 Å². The smallest absolute Gasteiger partial charge is 0.258 e. The molecule has 0 aliphatic rings. The molecule has 0 saturated carbocycles. The van der Waals surface area contributed by atoms with Gasteiger partial charge in [-0.2, -0.15) is 10.2 Å². The molecule has 0 saturated heterocycles. The standard InChI is InChI=1S/C20H20FN5O2/c1-26(2)8-3-4-9-27-17-6-5-7-23-18(17)19-24-20(28-25-19)15-10-14(13-22)11-16(21)12-15/h5-7,10-12H,3-4,8-9H2,1-2H3. The molecule has 0 unspecified atom stereocenters. The van der Waals surface area contributed by atoms with E-state index in [0.717, 1.165) is 25.5 Å². The molecule has 3 aromatic rings. The summed E-state index contributed by atoms with van der Waals surface area (Å²) in [6, 6.07) is 9.32. The van der Waals surface area contributed by atoms with Crippen LogP contribution in [0.15, 0.2) is 41.1 Å². The zero-order chi connectivity index (χ0) is 19.9. The third-order valence-corrected chi connectivity index (χ3v) is 3.94. The Kier molecular flexibility index (Phi) is 6.29. The number of benzene rings is 1. The third kappa shape index (κ3) is 4.90. The SMILES string of the molecule is CN(C)CCCCOc1cccnc1-c1noc(-c2cc(F)cc(C#N)c2)n1. The molecule has 2 heterocycles. The van der Waals surface area contributed by atoms with Crippen molar-refractivity contribution in [2.24, 2.45) is 0 Å². The van der Waals surface area contributed by atoms with Gasteiger partial charge in [0.2, 0.25) is 5.82 Å². The van der Waals surface area contributed by atoms with Gasteiger partial charge in [-0.1, -0.05) is 5.16 Å². The average Bonchev–Trinajstić information content (AvgIpc) is 3.17. The van der Waals surface area contributed by atoms with Crippen LogP contribution in [0.3, 0.4) is 0 Å². The Hall–Kier alpha value is -3.31. The Labute approximate surface area is 162 Å². The second-order valence-corrected chi connectivity index (χ2v) is 6.47. The molecular weight excluding hydrogens is 361 g/mol. The van der Waals surface area contributed by atoms with Crippen molar-refractivity contribution in [1.29, 1.82) is 5.26 Å². The monoisotopic (exact) mass is 381 g/mol. The van der Waals surface area contributed by atoms with Gasteiger partial charge in [-0.3, -0.25) is 0 Å².